The van der Waals surface area contributed by atoms with Gasteiger partial charge in [0.05, 0.1) is 15.5 Å². The second-order valence-electron chi connectivity index (χ2n) is 5.40. The molecular weight excluding hydrogens is 420 g/mol. The molecule has 2 aromatic rings. The van der Waals surface area contributed by atoms with E-state index in [9.17, 15) is 36.5 Å². The van der Waals surface area contributed by atoms with Crippen LogP contribution in [0.2, 0.25) is 5.02 Å². The van der Waals surface area contributed by atoms with Gasteiger partial charge in [0.15, 0.2) is 5.69 Å². The van der Waals surface area contributed by atoms with Gasteiger partial charge < -0.3 is 4.90 Å². The summed E-state index contributed by atoms with van der Waals surface area (Å²) in [6, 6.07) is 0.563. The topological polar surface area (TPSA) is 77.1 Å². The first-order valence-electron chi connectivity index (χ1n) is 7.65. The van der Waals surface area contributed by atoms with Gasteiger partial charge in [-0.3, -0.25) is 10.1 Å². The Morgan fingerprint density at radius 1 is 1.14 bits per heavy atom. The quantitative estimate of drug-likeness (QED) is 0.389. The number of alkyl halides is 6. The van der Waals surface area contributed by atoms with Crippen molar-refractivity contribution in [2.75, 3.05) is 18.0 Å². The van der Waals surface area contributed by atoms with E-state index in [1.54, 1.807) is 13.8 Å². The molecule has 28 heavy (non-hydrogen) atoms. The van der Waals surface area contributed by atoms with Gasteiger partial charge in [0, 0.05) is 19.2 Å². The summed E-state index contributed by atoms with van der Waals surface area (Å²) in [5, 5.41) is 13.8. The van der Waals surface area contributed by atoms with Gasteiger partial charge in [0.1, 0.15) is 0 Å². The molecule has 0 fully saturated rings. The van der Waals surface area contributed by atoms with Crippen LogP contribution in [-0.2, 0) is 12.4 Å². The van der Waals surface area contributed by atoms with E-state index in [0.717, 1.165) is 0 Å². The largest absolute Gasteiger partial charge is 0.453 e. The minimum Gasteiger partial charge on any atom is -0.341 e. The van der Waals surface area contributed by atoms with Crippen LogP contribution in [0, 0.1) is 10.1 Å². The molecule has 154 valence electrons. The molecule has 0 saturated heterocycles. The summed E-state index contributed by atoms with van der Waals surface area (Å²) in [5.74, 6) is -2.05. The smallest absolute Gasteiger partial charge is 0.341 e. The monoisotopic (exact) mass is 431 g/mol. The molecule has 1 aromatic heterocycles. The van der Waals surface area contributed by atoms with Gasteiger partial charge in [-0.15, -0.1) is 5.10 Å². The number of nitrogens with zero attached hydrogens (tertiary/aromatic N) is 5. The fraction of sp³-hybridized carbons (Fsp3) is 0.429. The number of anilines is 1. The van der Waals surface area contributed by atoms with Gasteiger partial charge in [0.2, 0.25) is 5.95 Å². The molecule has 1 aromatic carbocycles. The summed E-state index contributed by atoms with van der Waals surface area (Å²) < 4.78 is 78.5. The number of aromatic nitrogens is 3. The Bertz CT molecular complexity index is 892. The molecule has 2 rings (SSSR count). The Balaban J connectivity index is 2.86. The summed E-state index contributed by atoms with van der Waals surface area (Å²) in [6.45, 7) is 3.47. The minimum atomic E-state index is -4.99. The average molecular weight is 432 g/mol. The van der Waals surface area contributed by atoms with Crippen LogP contribution in [0.4, 0.5) is 38.0 Å². The van der Waals surface area contributed by atoms with Crippen molar-refractivity contribution in [1.29, 1.82) is 0 Å². The highest BCUT2D eigenvalue weighted by Crippen LogP contribution is 2.40. The molecule has 0 N–H and O–H groups in total. The number of hydrogen-bond donors (Lipinski definition) is 0. The summed E-state index contributed by atoms with van der Waals surface area (Å²) in [5.41, 5.74) is -3.33. The molecule has 0 bridgehead atoms. The van der Waals surface area contributed by atoms with Crippen LogP contribution in [0.1, 0.15) is 25.2 Å². The molecular formula is C14H12ClF6N5O2. The van der Waals surface area contributed by atoms with Gasteiger partial charge in [-0.05, 0) is 19.9 Å². The fourth-order valence-electron chi connectivity index (χ4n) is 2.38. The third-order valence-corrected chi connectivity index (χ3v) is 3.96. The molecule has 0 amide bonds. The maximum Gasteiger partial charge on any atom is 0.453 e. The molecule has 7 nitrogen and oxygen atoms in total. The third kappa shape index (κ3) is 4.13. The molecule has 0 unspecified atom stereocenters. The second-order valence-corrected chi connectivity index (χ2v) is 5.81. The fourth-order valence-corrected chi connectivity index (χ4v) is 2.68. The van der Waals surface area contributed by atoms with Crippen LogP contribution < -0.4 is 4.90 Å². The zero-order chi connectivity index (χ0) is 21.4. The maximum atomic E-state index is 13.1. The molecule has 0 aliphatic carbocycles. The van der Waals surface area contributed by atoms with E-state index in [0.29, 0.717) is 10.7 Å². The first-order chi connectivity index (χ1) is 12.8. The van der Waals surface area contributed by atoms with Crippen LogP contribution in [-0.4, -0.2) is 32.8 Å². The molecule has 0 aliphatic heterocycles. The van der Waals surface area contributed by atoms with E-state index in [1.165, 1.54) is 4.90 Å². The second kappa shape index (κ2) is 7.45. The Labute approximate surface area is 158 Å². The lowest BCUT2D eigenvalue weighted by atomic mass is 10.1. The normalized spacial score (nSPS) is 12.3. The van der Waals surface area contributed by atoms with Crippen molar-refractivity contribution in [1.82, 2.24) is 14.8 Å². The standard InChI is InChI=1S/C14H12ClF6N5O2/c1-3-24(4-2)12-22-11(14(19,20)21)23-25(12)10-8(15)5-7(13(16,17)18)6-9(10)26(27)28/h5-6H,3-4H2,1-2H3. The van der Waals surface area contributed by atoms with Crippen molar-refractivity contribution < 1.29 is 31.3 Å². The molecule has 0 radical (unpaired) electrons. The van der Waals surface area contributed by atoms with Crippen molar-refractivity contribution >= 4 is 23.2 Å². The Morgan fingerprint density at radius 2 is 1.71 bits per heavy atom. The highest BCUT2D eigenvalue weighted by atomic mass is 35.5. The van der Waals surface area contributed by atoms with Crippen LogP contribution in [0.3, 0.4) is 0 Å². The predicted molar refractivity (Wildman–Crippen MR) is 86.6 cm³/mol. The van der Waals surface area contributed by atoms with Gasteiger partial charge in [-0.1, -0.05) is 11.6 Å². The third-order valence-electron chi connectivity index (χ3n) is 3.67. The first-order valence-corrected chi connectivity index (χ1v) is 8.03. The lowest BCUT2D eigenvalue weighted by molar-refractivity contribution is -0.384. The van der Waals surface area contributed by atoms with Crippen LogP contribution in [0.25, 0.3) is 5.69 Å². The molecule has 0 saturated carbocycles. The molecule has 14 heteroatoms. The van der Waals surface area contributed by atoms with Crippen molar-refractivity contribution in [2.24, 2.45) is 0 Å². The predicted octanol–water partition coefficient (Wildman–Crippen LogP) is 4.71. The SMILES string of the molecule is CCN(CC)c1nc(C(F)(F)F)nn1-c1c(Cl)cc(C(F)(F)F)cc1[N+](=O)[O-]. The number of benzene rings is 1. The van der Waals surface area contributed by atoms with Crippen LogP contribution in [0.5, 0.6) is 0 Å². The van der Waals surface area contributed by atoms with Crippen molar-refractivity contribution in [3.8, 4) is 5.69 Å². The number of rotatable bonds is 5. The lowest BCUT2D eigenvalue weighted by Crippen LogP contribution is -2.26. The summed E-state index contributed by atoms with van der Waals surface area (Å²) in [7, 11) is 0. The van der Waals surface area contributed by atoms with E-state index < -0.39 is 51.0 Å². The van der Waals surface area contributed by atoms with Crippen molar-refractivity contribution in [3.63, 3.8) is 0 Å². The number of halogens is 7. The maximum absolute atomic E-state index is 13.1. The van der Waals surface area contributed by atoms with E-state index in [2.05, 4.69) is 10.1 Å². The van der Waals surface area contributed by atoms with E-state index >= 15 is 0 Å². The number of nitro groups is 1. The van der Waals surface area contributed by atoms with E-state index in [4.69, 9.17) is 11.6 Å². The van der Waals surface area contributed by atoms with Gasteiger partial charge in [-0.2, -0.15) is 36.0 Å². The summed E-state index contributed by atoms with van der Waals surface area (Å²) in [4.78, 5) is 14.8. The summed E-state index contributed by atoms with van der Waals surface area (Å²) >= 11 is 5.81. The summed E-state index contributed by atoms with van der Waals surface area (Å²) in [6.07, 6.45) is -9.94. The highest BCUT2D eigenvalue weighted by molar-refractivity contribution is 6.33. The zero-order valence-corrected chi connectivity index (χ0v) is 15.0. The van der Waals surface area contributed by atoms with Crippen LogP contribution >= 0.6 is 11.6 Å². The number of nitro benzene ring substituents is 1. The highest BCUT2D eigenvalue weighted by Gasteiger charge is 2.40. The van der Waals surface area contributed by atoms with Crippen molar-refractivity contribution in [3.05, 3.63) is 38.7 Å². The van der Waals surface area contributed by atoms with Crippen LogP contribution in [0.15, 0.2) is 12.1 Å². The van der Waals surface area contributed by atoms with E-state index in [1.807, 2.05) is 0 Å². The molecule has 0 spiro atoms. The zero-order valence-electron chi connectivity index (χ0n) is 14.3. The number of hydrogen-bond acceptors (Lipinski definition) is 5. The molecule has 0 aliphatic rings. The Hall–Kier alpha value is -2.57. The Kier molecular flexibility index (Phi) is 5.78. The molecule has 1 heterocycles. The van der Waals surface area contributed by atoms with E-state index in [-0.39, 0.29) is 19.2 Å². The first kappa shape index (κ1) is 21.7. The van der Waals surface area contributed by atoms with Gasteiger partial charge >= 0.3 is 12.4 Å². The average Bonchev–Trinajstić information content (AvgIpc) is 2.99. The Morgan fingerprint density at radius 3 is 2.14 bits per heavy atom. The van der Waals surface area contributed by atoms with Gasteiger partial charge in [-0.25, -0.2) is 0 Å². The molecule has 0 atom stereocenters. The van der Waals surface area contributed by atoms with Crippen molar-refractivity contribution in [2.45, 2.75) is 26.2 Å². The van der Waals surface area contributed by atoms with Gasteiger partial charge in [0.25, 0.3) is 11.5 Å². The lowest BCUT2D eigenvalue weighted by Gasteiger charge is -2.20. The minimum absolute atomic E-state index is 0.151.